The fourth-order valence-electron chi connectivity index (χ4n) is 2.63. The summed E-state index contributed by atoms with van der Waals surface area (Å²) in [4.78, 5) is 4.36. The van der Waals surface area contributed by atoms with Crippen molar-refractivity contribution < 1.29 is 4.74 Å². The van der Waals surface area contributed by atoms with Crippen molar-refractivity contribution in [2.45, 2.75) is 6.92 Å². The molecule has 0 spiro atoms. The molecule has 0 amide bonds. The maximum atomic E-state index is 5.20. The van der Waals surface area contributed by atoms with Gasteiger partial charge in [-0.3, -0.25) is 4.98 Å². The van der Waals surface area contributed by atoms with Crippen molar-refractivity contribution in [3.8, 4) is 5.75 Å². The molecular formula is C18H18N2O. The molecule has 0 aliphatic heterocycles. The van der Waals surface area contributed by atoms with Crippen molar-refractivity contribution >= 4 is 16.5 Å². The van der Waals surface area contributed by atoms with Crippen LogP contribution in [0.1, 0.15) is 17.0 Å². The Morgan fingerprint density at radius 2 is 1.90 bits per heavy atom. The predicted molar refractivity (Wildman–Crippen MR) is 86.6 cm³/mol. The zero-order chi connectivity index (χ0) is 15.0. The molecule has 1 aromatic carbocycles. The molecule has 21 heavy (non-hydrogen) atoms. The molecule has 0 bridgehead atoms. The average molecular weight is 278 g/mol. The first-order chi connectivity index (χ1) is 10.1. The summed E-state index contributed by atoms with van der Waals surface area (Å²) in [6.45, 7) is 6.28. The number of benzene rings is 1. The minimum absolute atomic E-state index is 0.851. The highest BCUT2D eigenvalue weighted by atomic mass is 16.5. The van der Waals surface area contributed by atoms with E-state index in [1.54, 1.807) is 7.11 Å². The molecule has 2 heterocycles. The van der Waals surface area contributed by atoms with Gasteiger partial charge in [-0.15, -0.1) is 0 Å². The van der Waals surface area contributed by atoms with E-state index in [0.29, 0.717) is 0 Å². The Bertz CT molecular complexity index is 813. The Morgan fingerprint density at radius 3 is 2.52 bits per heavy atom. The van der Waals surface area contributed by atoms with Gasteiger partial charge in [0.05, 0.1) is 12.6 Å². The molecule has 3 nitrogen and oxygen atoms in total. The van der Waals surface area contributed by atoms with E-state index in [-0.39, 0.29) is 0 Å². The second kappa shape index (κ2) is 5.09. The van der Waals surface area contributed by atoms with Crippen molar-refractivity contribution in [2.24, 2.45) is 7.05 Å². The molecule has 0 atom stereocenters. The van der Waals surface area contributed by atoms with Crippen molar-refractivity contribution in [3.63, 3.8) is 0 Å². The highest BCUT2D eigenvalue weighted by Gasteiger charge is 2.12. The summed E-state index contributed by atoms with van der Waals surface area (Å²) >= 11 is 0. The molecule has 2 aromatic heterocycles. The van der Waals surface area contributed by atoms with Crippen LogP contribution >= 0.6 is 0 Å². The van der Waals surface area contributed by atoms with Crippen molar-refractivity contribution in [2.75, 3.05) is 7.11 Å². The predicted octanol–water partition coefficient (Wildman–Crippen LogP) is 3.95. The molecule has 3 heteroatoms. The van der Waals surface area contributed by atoms with E-state index in [2.05, 4.69) is 29.2 Å². The Kier molecular flexibility index (Phi) is 3.26. The van der Waals surface area contributed by atoms with Gasteiger partial charge in [0.25, 0.3) is 0 Å². The second-order valence-electron chi connectivity index (χ2n) is 5.12. The van der Waals surface area contributed by atoms with Crippen LogP contribution < -0.4 is 4.74 Å². The van der Waals surface area contributed by atoms with Gasteiger partial charge in [-0.2, -0.15) is 0 Å². The SMILES string of the molecule is C=C(c1ccc(OC)cc1)c1cc2c(C)nccc2n1C. The normalized spacial score (nSPS) is 10.8. The van der Waals surface area contributed by atoms with Gasteiger partial charge in [0.2, 0.25) is 0 Å². The molecule has 3 aromatic rings. The minimum atomic E-state index is 0.851. The van der Waals surface area contributed by atoms with Crippen LogP contribution in [0.15, 0.2) is 49.2 Å². The van der Waals surface area contributed by atoms with E-state index in [9.17, 15) is 0 Å². The zero-order valence-electron chi connectivity index (χ0n) is 12.6. The lowest BCUT2D eigenvalue weighted by Gasteiger charge is -2.09. The van der Waals surface area contributed by atoms with Crippen LogP contribution in [0.25, 0.3) is 16.5 Å². The number of ether oxygens (including phenoxy) is 1. The summed E-state index contributed by atoms with van der Waals surface area (Å²) in [5.41, 5.74) is 5.40. The van der Waals surface area contributed by atoms with Crippen LogP contribution in [0.4, 0.5) is 0 Å². The number of aryl methyl sites for hydroxylation is 2. The lowest BCUT2D eigenvalue weighted by molar-refractivity contribution is 0.415. The van der Waals surface area contributed by atoms with Crippen LogP contribution in [0.5, 0.6) is 5.75 Å². The number of methoxy groups -OCH3 is 1. The monoisotopic (exact) mass is 278 g/mol. The number of nitrogens with zero attached hydrogens (tertiary/aromatic N) is 2. The van der Waals surface area contributed by atoms with Gasteiger partial charge in [-0.25, -0.2) is 0 Å². The summed E-state index contributed by atoms with van der Waals surface area (Å²) in [6.07, 6.45) is 1.84. The molecule has 0 aliphatic rings. The van der Waals surface area contributed by atoms with Gasteiger partial charge in [0.1, 0.15) is 5.75 Å². The molecule has 0 N–H and O–H groups in total. The van der Waals surface area contributed by atoms with Gasteiger partial charge in [0, 0.05) is 30.0 Å². The van der Waals surface area contributed by atoms with Gasteiger partial charge < -0.3 is 9.30 Å². The van der Waals surface area contributed by atoms with Gasteiger partial charge in [-0.05, 0) is 42.3 Å². The summed E-state index contributed by atoms with van der Waals surface area (Å²) in [6, 6.07) is 12.2. The van der Waals surface area contributed by atoms with Crippen LogP contribution in [-0.4, -0.2) is 16.7 Å². The number of fused-ring (bicyclic) bond motifs is 1. The highest BCUT2D eigenvalue weighted by molar-refractivity contribution is 5.90. The fourth-order valence-corrected chi connectivity index (χ4v) is 2.63. The summed E-state index contributed by atoms with van der Waals surface area (Å²) in [7, 11) is 3.73. The van der Waals surface area contributed by atoms with Crippen molar-refractivity contribution in [3.05, 3.63) is 66.1 Å². The first-order valence-corrected chi connectivity index (χ1v) is 6.86. The number of hydrogen-bond donors (Lipinski definition) is 0. The third-order valence-electron chi connectivity index (χ3n) is 3.92. The molecule has 0 fully saturated rings. The third-order valence-corrected chi connectivity index (χ3v) is 3.92. The van der Waals surface area contributed by atoms with Crippen LogP contribution in [0.3, 0.4) is 0 Å². The third kappa shape index (κ3) is 2.21. The van der Waals surface area contributed by atoms with E-state index in [1.807, 2.05) is 43.5 Å². The zero-order valence-corrected chi connectivity index (χ0v) is 12.6. The highest BCUT2D eigenvalue weighted by Crippen LogP contribution is 2.29. The number of aromatic nitrogens is 2. The maximum absolute atomic E-state index is 5.20. The minimum Gasteiger partial charge on any atom is -0.497 e. The molecule has 3 rings (SSSR count). The standard InChI is InChI=1S/C18H18N2O/c1-12(14-5-7-15(21-4)8-6-14)18-11-16-13(2)19-10-9-17(16)20(18)3/h5-11H,1H2,2-4H3. The lowest BCUT2D eigenvalue weighted by Crippen LogP contribution is -1.96. The Balaban J connectivity index is 2.08. The van der Waals surface area contributed by atoms with Gasteiger partial charge in [-0.1, -0.05) is 18.7 Å². The van der Waals surface area contributed by atoms with E-state index < -0.39 is 0 Å². The van der Waals surface area contributed by atoms with Crippen LogP contribution in [0.2, 0.25) is 0 Å². The molecule has 0 aliphatic carbocycles. The smallest absolute Gasteiger partial charge is 0.118 e. The molecular weight excluding hydrogens is 260 g/mol. The average Bonchev–Trinajstić information content (AvgIpc) is 2.85. The van der Waals surface area contributed by atoms with Crippen LogP contribution in [0, 0.1) is 6.92 Å². The van der Waals surface area contributed by atoms with E-state index >= 15 is 0 Å². The van der Waals surface area contributed by atoms with Gasteiger partial charge in [0.15, 0.2) is 0 Å². The second-order valence-corrected chi connectivity index (χ2v) is 5.12. The Hall–Kier alpha value is -2.55. The first-order valence-electron chi connectivity index (χ1n) is 6.86. The summed E-state index contributed by atoms with van der Waals surface area (Å²) in [5, 5.41) is 1.17. The molecule has 0 unspecified atom stereocenters. The molecule has 0 saturated carbocycles. The van der Waals surface area contributed by atoms with Crippen LogP contribution in [-0.2, 0) is 7.05 Å². The largest absolute Gasteiger partial charge is 0.497 e. The molecule has 0 radical (unpaired) electrons. The number of rotatable bonds is 3. The van der Waals surface area contributed by atoms with Crippen molar-refractivity contribution in [1.82, 2.24) is 9.55 Å². The number of pyridine rings is 1. The van der Waals surface area contributed by atoms with E-state index in [1.165, 1.54) is 10.9 Å². The maximum Gasteiger partial charge on any atom is 0.118 e. The fraction of sp³-hybridized carbons (Fsp3) is 0.167. The van der Waals surface area contributed by atoms with E-state index in [4.69, 9.17) is 4.74 Å². The Morgan fingerprint density at radius 1 is 1.19 bits per heavy atom. The summed E-state index contributed by atoms with van der Waals surface area (Å²) in [5.74, 6) is 0.851. The first kappa shape index (κ1) is 13.4. The molecule has 106 valence electrons. The lowest BCUT2D eigenvalue weighted by atomic mass is 10.0. The quantitative estimate of drug-likeness (QED) is 0.725. The van der Waals surface area contributed by atoms with Gasteiger partial charge >= 0.3 is 0 Å². The topological polar surface area (TPSA) is 27.1 Å². The number of hydrogen-bond acceptors (Lipinski definition) is 2. The Labute approximate surface area is 124 Å². The van der Waals surface area contributed by atoms with Crippen molar-refractivity contribution in [1.29, 1.82) is 0 Å². The molecule has 0 saturated heterocycles. The van der Waals surface area contributed by atoms with E-state index in [0.717, 1.165) is 28.3 Å². The summed E-state index contributed by atoms with van der Waals surface area (Å²) < 4.78 is 7.36.